The van der Waals surface area contributed by atoms with E-state index in [9.17, 15) is 13.2 Å². The van der Waals surface area contributed by atoms with Crippen LogP contribution in [0, 0.1) is 0 Å². The smallest absolute Gasteiger partial charge is 0.238 e. The zero-order chi connectivity index (χ0) is 21.0. The highest BCUT2D eigenvalue weighted by atomic mass is 32.2. The minimum atomic E-state index is -3.72. The highest BCUT2D eigenvalue weighted by molar-refractivity contribution is 7.92. The molecule has 7 heteroatoms. The van der Waals surface area contributed by atoms with Gasteiger partial charge in [0, 0.05) is 36.4 Å². The maximum Gasteiger partial charge on any atom is 0.238 e. The van der Waals surface area contributed by atoms with Crippen molar-refractivity contribution in [1.29, 1.82) is 0 Å². The van der Waals surface area contributed by atoms with Gasteiger partial charge in [-0.3, -0.25) is 4.79 Å². The van der Waals surface area contributed by atoms with Crippen LogP contribution >= 0.6 is 0 Å². The Bertz CT molecular complexity index is 960. The van der Waals surface area contributed by atoms with E-state index < -0.39 is 10.0 Å². The molecule has 1 amide bonds. The summed E-state index contributed by atoms with van der Waals surface area (Å²) in [5.74, 6) is -0.154. The second-order valence-corrected chi connectivity index (χ2v) is 9.53. The van der Waals surface area contributed by atoms with Gasteiger partial charge in [0.05, 0.1) is 13.1 Å². The lowest BCUT2D eigenvalue weighted by molar-refractivity contribution is -0.133. The summed E-state index contributed by atoms with van der Waals surface area (Å²) in [7, 11) is -1.78. The number of aryl methyl sites for hydroxylation is 1. The molecule has 1 saturated carbocycles. The lowest BCUT2D eigenvalue weighted by Gasteiger charge is -2.28. The Morgan fingerprint density at radius 1 is 1.17 bits per heavy atom. The molecule has 156 valence electrons. The average Bonchev–Trinajstić information content (AvgIpc) is 3.45. The number of rotatable bonds is 9. The van der Waals surface area contributed by atoms with Gasteiger partial charge in [-0.05, 0) is 50.5 Å². The van der Waals surface area contributed by atoms with Crippen molar-refractivity contribution < 1.29 is 13.2 Å². The molecule has 1 heterocycles. The largest absolute Gasteiger partial charge is 0.353 e. The molecule has 29 heavy (non-hydrogen) atoms. The van der Waals surface area contributed by atoms with Crippen LogP contribution in [-0.4, -0.2) is 46.7 Å². The molecule has 2 aromatic rings. The van der Waals surface area contributed by atoms with Gasteiger partial charge in [0.25, 0.3) is 0 Å². The van der Waals surface area contributed by atoms with Gasteiger partial charge in [0.1, 0.15) is 0 Å². The van der Waals surface area contributed by atoms with Crippen LogP contribution in [0.15, 0.2) is 54.1 Å². The summed E-state index contributed by atoms with van der Waals surface area (Å²) in [5, 5.41) is 1.19. The molecule has 3 rings (SSSR count). The van der Waals surface area contributed by atoms with Gasteiger partial charge in [-0.15, -0.1) is 0 Å². The molecule has 1 aromatic carbocycles. The van der Waals surface area contributed by atoms with Crippen molar-refractivity contribution in [3.63, 3.8) is 0 Å². The fourth-order valence-corrected chi connectivity index (χ4v) is 4.60. The number of amides is 1. The van der Waals surface area contributed by atoms with Gasteiger partial charge in [-0.1, -0.05) is 30.3 Å². The van der Waals surface area contributed by atoms with E-state index in [0.717, 1.165) is 24.1 Å². The lowest BCUT2D eigenvalue weighted by Crippen LogP contribution is -2.45. The van der Waals surface area contributed by atoms with Gasteiger partial charge in [0.2, 0.25) is 15.9 Å². The molecule has 0 unspecified atom stereocenters. The summed E-state index contributed by atoms with van der Waals surface area (Å²) >= 11 is 0. The van der Waals surface area contributed by atoms with Crippen molar-refractivity contribution in [2.45, 2.75) is 45.3 Å². The van der Waals surface area contributed by atoms with Crippen LogP contribution < -0.4 is 0 Å². The van der Waals surface area contributed by atoms with E-state index in [0.29, 0.717) is 6.54 Å². The van der Waals surface area contributed by atoms with Crippen molar-refractivity contribution in [3.8, 4) is 0 Å². The Kier molecular flexibility index (Phi) is 6.59. The first-order valence-corrected chi connectivity index (χ1v) is 11.4. The third-order valence-electron chi connectivity index (χ3n) is 5.12. The molecule has 0 spiro atoms. The van der Waals surface area contributed by atoms with E-state index >= 15 is 0 Å². The van der Waals surface area contributed by atoms with Crippen LogP contribution in [0.5, 0.6) is 0 Å². The summed E-state index contributed by atoms with van der Waals surface area (Å²) in [4.78, 5) is 14.9. The monoisotopic (exact) mass is 415 g/mol. The Hall–Kier alpha value is -2.38. The number of sulfonamides is 1. The minimum absolute atomic E-state index is 0.153. The fraction of sp³-hybridized carbons (Fsp3) is 0.409. The number of benzene rings is 1. The van der Waals surface area contributed by atoms with Crippen LogP contribution in [-0.2, 0) is 28.4 Å². The van der Waals surface area contributed by atoms with Gasteiger partial charge in [0.15, 0.2) is 0 Å². The second kappa shape index (κ2) is 8.97. The number of aromatic nitrogens is 1. The summed E-state index contributed by atoms with van der Waals surface area (Å²) in [6, 6.07) is 13.1. The van der Waals surface area contributed by atoms with Gasteiger partial charge in [-0.2, -0.15) is 4.31 Å². The van der Waals surface area contributed by atoms with E-state index in [1.807, 2.05) is 65.2 Å². The van der Waals surface area contributed by atoms with E-state index in [-0.39, 0.29) is 24.5 Å². The first-order valence-electron chi connectivity index (χ1n) is 9.92. The molecule has 0 atom stereocenters. The fourth-order valence-electron chi connectivity index (χ4n) is 3.24. The molecule has 1 fully saturated rings. The van der Waals surface area contributed by atoms with Crippen LogP contribution in [0.2, 0.25) is 0 Å². The maximum absolute atomic E-state index is 13.1. The zero-order valence-electron chi connectivity index (χ0n) is 17.2. The molecule has 0 aliphatic heterocycles. The van der Waals surface area contributed by atoms with Gasteiger partial charge < -0.3 is 9.47 Å². The molecule has 1 aliphatic carbocycles. The quantitative estimate of drug-likeness (QED) is 0.632. The van der Waals surface area contributed by atoms with E-state index in [1.165, 1.54) is 9.71 Å². The normalized spacial score (nSPS) is 14.8. The predicted octanol–water partition coefficient (Wildman–Crippen LogP) is 3.23. The molecular weight excluding hydrogens is 386 g/mol. The number of hydrogen-bond acceptors (Lipinski definition) is 3. The van der Waals surface area contributed by atoms with Crippen LogP contribution in [0.1, 0.15) is 37.9 Å². The summed E-state index contributed by atoms with van der Waals surface area (Å²) in [6.45, 7) is 3.93. The highest BCUT2D eigenvalue weighted by Crippen LogP contribution is 2.29. The van der Waals surface area contributed by atoms with Crippen LogP contribution in [0.4, 0.5) is 0 Å². The molecule has 1 aromatic heterocycles. The van der Waals surface area contributed by atoms with E-state index in [4.69, 9.17) is 0 Å². The molecule has 0 saturated heterocycles. The van der Waals surface area contributed by atoms with Crippen LogP contribution in [0.3, 0.4) is 0 Å². The molecular formula is C22H29N3O3S. The van der Waals surface area contributed by atoms with E-state index in [1.54, 1.807) is 19.9 Å². The summed E-state index contributed by atoms with van der Waals surface area (Å²) < 4.78 is 29.1. The highest BCUT2D eigenvalue weighted by Gasteiger charge is 2.35. The molecule has 0 radical (unpaired) electrons. The number of nitrogens with zero attached hydrogens (tertiary/aromatic N) is 3. The topological polar surface area (TPSA) is 62.6 Å². The van der Waals surface area contributed by atoms with Crippen LogP contribution in [0.25, 0.3) is 6.08 Å². The second-order valence-electron chi connectivity index (χ2n) is 7.76. The first kappa shape index (κ1) is 21.3. The Morgan fingerprint density at radius 3 is 2.41 bits per heavy atom. The van der Waals surface area contributed by atoms with E-state index in [2.05, 4.69) is 0 Å². The minimum Gasteiger partial charge on any atom is -0.353 e. The Morgan fingerprint density at radius 2 is 1.86 bits per heavy atom. The molecule has 6 nitrogen and oxygen atoms in total. The third-order valence-corrected chi connectivity index (χ3v) is 6.80. The predicted molar refractivity (Wildman–Crippen MR) is 115 cm³/mol. The SMILES string of the molecule is CC(C)N(CC(=O)N(Cc1cccn1C)C1CC1)S(=O)(=O)C=Cc1ccccc1. The summed E-state index contributed by atoms with van der Waals surface area (Å²) in [5.41, 5.74) is 1.84. The maximum atomic E-state index is 13.1. The first-order chi connectivity index (χ1) is 13.8. The average molecular weight is 416 g/mol. The standard InChI is InChI=1S/C22H29N3O3S/c1-18(2)25(29(27,28)15-13-19-8-5-4-6-9-19)17-22(26)24(20-11-12-20)16-21-10-7-14-23(21)3/h4-10,13-15,18,20H,11-12,16-17H2,1-3H3. The number of carbonyl (C=O) groups is 1. The van der Waals surface area contributed by atoms with Gasteiger partial charge in [-0.25, -0.2) is 8.42 Å². The van der Waals surface area contributed by atoms with Crippen molar-refractivity contribution in [1.82, 2.24) is 13.8 Å². The van der Waals surface area contributed by atoms with Crippen molar-refractivity contribution in [2.24, 2.45) is 7.05 Å². The molecule has 1 aliphatic rings. The Labute approximate surface area is 173 Å². The van der Waals surface area contributed by atoms with Crippen molar-refractivity contribution in [3.05, 3.63) is 65.3 Å². The van der Waals surface area contributed by atoms with Crippen molar-refractivity contribution >= 4 is 22.0 Å². The molecule has 0 bridgehead atoms. The molecule has 0 N–H and O–H groups in total. The third kappa shape index (κ3) is 5.58. The number of carbonyl (C=O) groups excluding carboxylic acids is 1. The Balaban J connectivity index is 1.75. The lowest BCUT2D eigenvalue weighted by atomic mass is 10.2. The summed E-state index contributed by atoms with van der Waals surface area (Å²) in [6.07, 6.45) is 5.46. The zero-order valence-corrected chi connectivity index (χ0v) is 18.0. The van der Waals surface area contributed by atoms with Crippen molar-refractivity contribution in [2.75, 3.05) is 6.54 Å². The van der Waals surface area contributed by atoms with Gasteiger partial charge >= 0.3 is 0 Å². The number of hydrogen-bond donors (Lipinski definition) is 0.